The molecule has 3 aromatic rings. The molecule has 0 aliphatic heterocycles. The van der Waals surface area contributed by atoms with E-state index in [9.17, 15) is 9.18 Å². The molecule has 0 fully saturated rings. The van der Waals surface area contributed by atoms with E-state index in [0.717, 1.165) is 0 Å². The number of nitrogens with zero attached hydrogens (tertiary/aromatic N) is 2. The molecule has 0 atom stereocenters. The molecule has 0 saturated carbocycles. The van der Waals surface area contributed by atoms with Gasteiger partial charge in [0.05, 0.1) is 31.7 Å². The molecule has 0 amide bonds. The van der Waals surface area contributed by atoms with Crippen LogP contribution in [-0.2, 0) is 6.54 Å². The second-order valence-electron chi connectivity index (χ2n) is 6.25. The number of para-hydroxylation sites is 1. The Hall–Kier alpha value is -3.13. The number of rotatable bonds is 8. The maximum absolute atomic E-state index is 13.6. The maximum atomic E-state index is 13.6. The highest BCUT2D eigenvalue weighted by atomic mass is 19.1. The predicted octanol–water partition coefficient (Wildman–Crippen LogP) is 2.59. The van der Waals surface area contributed by atoms with Crippen molar-refractivity contribution in [3.63, 3.8) is 0 Å². The maximum Gasteiger partial charge on any atom is 0.258 e. The number of benzene rings is 2. The van der Waals surface area contributed by atoms with Crippen molar-refractivity contribution in [1.82, 2.24) is 14.9 Å². The molecular weight excluding hydrogens is 365 g/mol. The summed E-state index contributed by atoms with van der Waals surface area (Å²) in [5.74, 6) is 1.31. The Morgan fingerprint density at radius 3 is 2.54 bits per heavy atom. The van der Waals surface area contributed by atoms with E-state index in [2.05, 4.69) is 9.97 Å². The number of methoxy groups -OCH3 is 2. The van der Waals surface area contributed by atoms with Crippen LogP contribution >= 0.6 is 0 Å². The van der Waals surface area contributed by atoms with E-state index in [1.807, 2.05) is 11.9 Å². The fourth-order valence-electron chi connectivity index (χ4n) is 2.80. The zero-order chi connectivity index (χ0) is 20.1. The van der Waals surface area contributed by atoms with Gasteiger partial charge in [-0.25, -0.2) is 9.37 Å². The topological polar surface area (TPSA) is 76.7 Å². The largest absolute Gasteiger partial charge is 0.493 e. The van der Waals surface area contributed by atoms with Crippen LogP contribution in [0.25, 0.3) is 10.9 Å². The predicted molar refractivity (Wildman–Crippen MR) is 104 cm³/mol. The molecule has 0 bridgehead atoms. The van der Waals surface area contributed by atoms with Crippen molar-refractivity contribution in [1.29, 1.82) is 0 Å². The van der Waals surface area contributed by atoms with Crippen LogP contribution in [-0.4, -0.2) is 49.3 Å². The lowest BCUT2D eigenvalue weighted by Crippen LogP contribution is -2.26. The van der Waals surface area contributed by atoms with Crippen LogP contribution in [0, 0.1) is 5.82 Å². The minimum atomic E-state index is -0.393. The third-order valence-corrected chi connectivity index (χ3v) is 4.25. The summed E-state index contributed by atoms with van der Waals surface area (Å²) in [6, 6.07) is 9.55. The number of likely N-dealkylation sites (N-methyl/N-ethyl adjacent to an activating group) is 1. The molecule has 3 rings (SSSR count). The van der Waals surface area contributed by atoms with E-state index in [-0.39, 0.29) is 11.3 Å². The Balaban J connectivity index is 1.69. The lowest BCUT2D eigenvalue weighted by Gasteiger charge is -2.17. The average Bonchev–Trinajstić information content (AvgIpc) is 2.68. The van der Waals surface area contributed by atoms with Crippen molar-refractivity contribution in [2.45, 2.75) is 6.54 Å². The van der Waals surface area contributed by atoms with Gasteiger partial charge in [0, 0.05) is 12.6 Å². The summed E-state index contributed by atoms with van der Waals surface area (Å²) in [4.78, 5) is 21.6. The molecule has 148 valence electrons. The first kappa shape index (κ1) is 19.6. The van der Waals surface area contributed by atoms with Crippen LogP contribution in [0.3, 0.4) is 0 Å². The van der Waals surface area contributed by atoms with Gasteiger partial charge in [-0.15, -0.1) is 0 Å². The number of hydrogen-bond acceptors (Lipinski definition) is 6. The van der Waals surface area contributed by atoms with Gasteiger partial charge in [0.25, 0.3) is 5.56 Å². The van der Waals surface area contributed by atoms with E-state index in [1.165, 1.54) is 20.3 Å². The fourth-order valence-corrected chi connectivity index (χ4v) is 2.80. The zero-order valence-corrected chi connectivity index (χ0v) is 16.0. The van der Waals surface area contributed by atoms with E-state index >= 15 is 0 Å². The van der Waals surface area contributed by atoms with Gasteiger partial charge in [0.2, 0.25) is 0 Å². The molecule has 0 aliphatic carbocycles. The summed E-state index contributed by atoms with van der Waals surface area (Å²) in [5.41, 5.74) is 0.268. The molecule has 0 radical (unpaired) electrons. The Kier molecular flexibility index (Phi) is 6.10. The number of nitrogens with one attached hydrogen (secondary N) is 1. The summed E-state index contributed by atoms with van der Waals surface area (Å²) < 4.78 is 29.5. The van der Waals surface area contributed by atoms with Crippen LogP contribution in [0.5, 0.6) is 17.2 Å². The Bertz CT molecular complexity index is 1020. The van der Waals surface area contributed by atoms with Gasteiger partial charge in [0.1, 0.15) is 12.4 Å². The van der Waals surface area contributed by atoms with Gasteiger partial charge in [0.15, 0.2) is 23.1 Å². The van der Waals surface area contributed by atoms with Crippen molar-refractivity contribution in [3.05, 3.63) is 58.4 Å². The number of fused-ring (bicyclic) bond motifs is 1. The molecule has 0 saturated heterocycles. The summed E-state index contributed by atoms with van der Waals surface area (Å²) in [7, 11) is 4.91. The molecule has 1 aromatic heterocycles. The smallest absolute Gasteiger partial charge is 0.258 e. The quantitative estimate of drug-likeness (QED) is 0.640. The first-order valence-corrected chi connectivity index (χ1v) is 8.72. The van der Waals surface area contributed by atoms with Crippen LogP contribution in [0.1, 0.15) is 5.82 Å². The average molecular weight is 387 g/mol. The SMILES string of the molecule is COc1cc2nc(CN(C)CCOc3ccccc3F)[nH]c(=O)c2cc1OC. The monoisotopic (exact) mass is 387 g/mol. The third kappa shape index (κ3) is 4.40. The van der Waals surface area contributed by atoms with Gasteiger partial charge >= 0.3 is 0 Å². The van der Waals surface area contributed by atoms with Gasteiger partial charge in [-0.2, -0.15) is 0 Å². The van der Waals surface area contributed by atoms with Crippen molar-refractivity contribution >= 4 is 10.9 Å². The highest BCUT2D eigenvalue weighted by molar-refractivity contribution is 5.81. The van der Waals surface area contributed by atoms with Gasteiger partial charge in [-0.05, 0) is 25.2 Å². The number of aromatic nitrogens is 2. The second-order valence-corrected chi connectivity index (χ2v) is 6.25. The van der Waals surface area contributed by atoms with Gasteiger partial charge < -0.3 is 19.2 Å². The molecule has 0 unspecified atom stereocenters. The molecule has 1 heterocycles. The summed E-state index contributed by atoms with van der Waals surface area (Å²) in [6.45, 7) is 1.24. The lowest BCUT2D eigenvalue weighted by atomic mass is 10.2. The lowest BCUT2D eigenvalue weighted by molar-refractivity contribution is 0.224. The van der Waals surface area contributed by atoms with E-state index in [1.54, 1.807) is 30.3 Å². The van der Waals surface area contributed by atoms with Crippen molar-refractivity contribution < 1.29 is 18.6 Å². The Morgan fingerprint density at radius 2 is 1.82 bits per heavy atom. The molecule has 0 aliphatic rings. The second kappa shape index (κ2) is 8.71. The van der Waals surface area contributed by atoms with Crippen molar-refractivity contribution in [3.8, 4) is 17.2 Å². The summed E-state index contributed by atoms with van der Waals surface area (Å²) in [5, 5.41) is 0.423. The third-order valence-electron chi connectivity index (χ3n) is 4.25. The van der Waals surface area contributed by atoms with Gasteiger partial charge in [-0.1, -0.05) is 12.1 Å². The number of aromatic amines is 1. The van der Waals surface area contributed by atoms with Crippen LogP contribution in [0.15, 0.2) is 41.2 Å². The van der Waals surface area contributed by atoms with Crippen molar-refractivity contribution in [2.75, 3.05) is 34.4 Å². The van der Waals surface area contributed by atoms with E-state index in [4.69, 9.17) is 14.2 Å². The molecule has 1 N–H and O–H groups in total. The Labute approximate surface area is 161 Å². The first-order valence-electron chi connectivity index (χ1n) is 8.72. The molecule has 2 aromatic carbocycles. The van der Waals surface area contributed by atoms with E-state index in [0.29, 0.717) is 47.9 Å². The number of ether oxygens (including phenoxy) is 3. The number of H-pyrrole nitrogens is 1. The normalized spacial score (nSPS) is 11.0. The van der Waals surface area contributed by atoms with Crippen LogP contribution < -0.4 is 19.8 Å². The summed E-state index contributed by atoms with van der Waals surface area (Å²) >= 11 is 0. The minimum absolute atomic E-state index is 0.217. The summed E-state index contributed by atoms with van der Waals surface area (Å²) in [6.07, 6.45) is 0. The number of hydrogen-bond donors (Lipinski definition) is 1. The highest BCUT2D eigenvalue weighted by Crippen LogP contribution is 2.29. The standard InChI is InChI=1S/C20H22FN3O4/c1-24(8-9-28-16-7-5-4-6-14(16)21)12-19-22-15-11-18(27-3)17(26-2)10-13(15)20(25)23-19/h4-7,10-11H,8-9,12H2,1-3H3,(H,22,23,25). The highest BCUT2D eigenvalue weighted by Gasteiger charge is 2.12. The first-order chi connectivity index (χ1) is 13.5. The van der Waals surface area contributed by atoms with Gasteiger partial charge in [-0.3, -0.25) is 9.69 Å². The van der Waals surface area contributed by atoms with Crippen LogP contribution in [0.2, 0.25) is 0 Å². The fraction of sp³-hybridized carbons (Fsp3) is 0.300. The Morgan fingerprint density at radius 1 is 1.11 bits per heavy atom. The van der Waals surface area contributed by atoms with E-state index < -0.39 is 5.82 Å². The molecule has 8 heteroatoms. The molecule has 7 nitrogen and oxygen atoms in total. The van der Waals surface area contributed by atoms with Crippen molar-refractivity contribution in [2.24, 2.45) is 0 Å². The van der Waals surface area contributed by atoms with Crippen LogP contribution in [0.4, 0.5) is 4.39 Å². The molecular formula is C20H22FN3O4. The molecule has 0 spiro atoms. The number of halogens is 1. The zero-order valence-electron chi connectivity index (χ0n) is 16.0. The molecule has 28 heavy (non-hydrogen) atoms. The minimum Gasteiger partial charge on any atom is -0.493 e.